The van der Waals surface area contributed by atoms with Crippen molar-refractivity contribution in [2.45, 2.75) is 342 Å². The third kappa shape index (κ3) is 29.0. The standard InChI is InChI=1S/C65H118N2O21/c1-4-6-8-10-12-14-16-18-19-20-21-22-23-24-25-27-29-31-33-35-37-39-52(75)67-46(47(72)38-36-34-32-30-28-26-17-15-13-11-9-7-5-2)44-83-62-57(79)56(78)59(51(43-70)85-62)86-63-58(80)61(55(77)50(42-69)84-63)88-65(64(81)82)40-48(73)53(66-45(3)71)60(87-65)54(76)49(74)41-68/h6,8,12,14,46-51,53-63,68-70,72-74,76-80H,4-5,7,9-11,13,15-44H2,1-3H3,(H,66,71)(H,67,75)(H,81,82)/b8-6-,14-12-. The molecule has 3 fully saturated rings. The van der Waals surface area contributed by atoms with Crippen molar-refractivity contribution >= 4 is 17.8 Å². The van der Waals surface area contributed by atoms with Gasteiger partial charge in [-0.15, -0.1) is 0 Å². The molecule has 3 aliphatic heterocycles. The van der Waals surface area contributed by atoms with Crippen molar-refractivity contribution in [1.82, 2.24) is 10.6 Å². The number of carbonyl (C=O) groups is 3. The number of hydrogen-bond donors (Lipinski definition) is 14. The normalized spacial score (nSPS) is 29.1. The smallest absolute Gasteiger partial charge is 0.364 e. The van der Waals surface area contributed by atoms with Gasteiger partial charge < -0.3 is 100 Å². The van der Waals surface area contributed by atoms with E-state index in [4.69, 9.17) is 28.4 Å². The van der Waals surface area contributed by atoms with Crippen LogP contribution in [-0.2, 0) is 42.8 Å². The van der Waals surface area contributed by atoms with E-state index in [0.717, 1.165) is 71.1 Å². The largest absolute Gasteiger partial charge is 0.477 e. The Bertz CT molecular complexity index is 1890. The van der Waals surface area contributed by atoms with E-state index < -0.39 is 148 Å². The number of ether oxygens (including phenoxy) is 6. The molecule has 88 heavy (non-hydrogen) atoms. The first-order chi connectivity index (χ1) is 42.4. The predicted octanol–water partition coefficient (Wildman–Crippen LogP) is 5.28. The molecule has 3 heterocycles. The minimum Gasteiger partial charge on any atom is -0.477 e. The maximum Gasteiger partial charge on any atom is 0.364 e. The molecule has 0 aromatic heterocycles. The molecule has 0 aromatic carbocycles. The highest BCUT2D eigenvalue weighted by molar-refractivity contribution is 5.77. The lowest BCUT2D eigenvalue weighted by atomic mass is 9.88. The van der Waals surface area contributed by atoms with Crippen molar-refractivity contribution in [3.63, 3.8) is 0 Å². The van der Waals surface area contributed by atoms with Crippen LogP contribution in [0.4, 0.5) is 0 Å². The van der Waals surface area contributed by atoms with E-state index in [1.165, 1.54) is 116 Å². The summed E-state index contributed by atoms with van der Waals surface area (Å²) < 4.78 is 34.8. The van der Waals surface area contributed by atoms with E-state index in [2.05, 4.69) is 48.8 Å². The summed E-state index contributed by atoms with van der Waals surface area (Å²) in [6.45, 7) is 2.09. The first kappa shape index (κ1) is 79.4. The van der Waals surface area contributed by atoms with Crippen LogP contribution in [0.1, 0.15) is 233 Å². The second-order valence-electron chi connectivity index (χ2n) is 24.7. The minimum atomic E-state index is -3.08. The van der Waals surface area contributed by atoms with Crippen LogP contribution in [0.5, 0.6) is 0 Å². The molecule has 23 heteroatoms. The average Bonchev–Trinajstić information content (AvgIpc) is 0.825. The lowest BCUT2D eigenvalue weighted by Crippen LogP contribution is -2.70. The third-order valence-electron chi connectivity index (χ3n) is 17.2. The summed E-state index contributed by atoms with van der Waals surface area (Å²) in [7, 11) is 0. The number of carboxylic acid groups (broad SMARTS) is 1. The van der Waals surface area contributed by atoms with Crippen LogP contribution in [0.3, 0.4) is 0 Å². The molecule has 3 saturated heterocycles. The Balaban J connectivity index is 1.59. The molecule has 18 unspecified atom stereocenters. The Kier molecular flexibility index (Phi) is 41.8. The summed E-state index contributed by atoms with van der Waals surface area (Å²) in [5.74, 6) is -6.10. The second kappa shape index (κ2) is 46.3. The van der Waals surface area contributed by atoms with Crippen molar-refractivity contribution in [2.75, 3.05) is 26.4 Å². The number of carbonyl (C=O) groups excluding carboxylic acids is 2. The summed E-state index contributed by atoms with van der Waals surface area (Å²) in [6, 6.07) is -2.53. The van der Waals surface area contributed by atoms with Gasteiger partial charge in [-0.2, -0.15) is 0 Å². The van der Waals surface area contributed by atoms with Crippen molar-refractivity contribution in [2.24, 2.45) is 0 Å². The van der Waals surface area contributed by atoms with Crippen LogP contribution in [0, 0.1) is 0 Å². The van der Waals surface area contributed by atoms with Crippen molar-refractivity contribution < 1.29 is 104 Å². The quantitative estimate of drug-likeness (QED) is 0.0272. The molecule has 0 spiro atoms. The molecule has 14 N–H and O–H groups in total. The lowest BCUT2D eigenvalue weighted by Gasteiger charge is -2.50. The highest BCUT2D eigenvalue weighted by Crippen LogP contribution is 2.39. The highest BCUT2D eigenvalue weighted by Gasteiger charge is 2.60. The maximum absolute atomic E-state index is 13.4. The third-order valence-corrected chi connectivity index (χ3v) is 17.2. The zero-order valence-electron chi connectivity index (χ0n) is 53.3. The van der Waals surface area contributed by atoms with Gasteiger partial charge in [0.2, 0.25) is 11.8 Å². The molecule has 0 bridgehead atoms. The maximum atomic E-state index is 13.4. The summed E-state index contributed by atoms with van der Waals surface area (Å²) >= 11 is 0. The van der Waals surface area contributed by atoms with Crippen molar-refractivity contribution in [3.8, 4) is 0 Å². The molecule has 0 aromatic rings. The van der Waals surface area contributed by atoms with Gasteiger partial charge in [-0.25, -0.2) is 4.79 Å². The van der Waals surface area contributed by atoms with E-state index in [9.17, 15) is 75.7 Å². The highest BCUT2D eigenvalue weighted by atomic mass is 16.8. The molecular formula is C65H118N2O21. The molecule has 23 nitrogen and oxygen atoms in total. The molecule has 3 rings (SSSR count). The SMILES string of the molecule is CC/C=C\C/C=C\CCCCCCCCCCCCCCCCC(=O)NC(COC1OC(CO)C(OC2OC(CO)C(O)C(OC3(C(=O)O)CC(O)C(NC(C)=O)C(C(O)C(O)CO)O3)C2O)C(O)C1O)C(O)CCCCCCCCCCCCCCC. The Morgan fingerprint density at radius 3 is 1.65 bits per heavy atom. The number of unbranched alkanes of at least 4 members (excludes halogenated alkanes) is 26. The summed E-state index contributed by atoms with van der Waals surface area (Å²) in [4.78, 5) is 38.5. The Hall–Kier alpha value is -2.79. The number of amides is 2. The van der Waals surface area contributed by atoms with E-state index in [0.29, 0.717) is 19.3 Å². The Morgan fingerprint density at radius 1 is 0.602 bits per heavy atom. The molecule has 0 aliphatic carbocycles. The van der Waals surface area contributed by atoms with Gasteiger partial charge in [0.25, 0.3) is 5.79 Å². The van der Waals surface area contributed by atoms with Crippen LogP contribution >= 0.6 is 0 Å². The molecule has 2 amide bonds. The second-order valence-corrected chi connectivity index (χ2v) is 24.7. The fourth-order valence-corrected chi connectivity index (χ4v) is 11.8. The van der Waals surface area contributed by atoms with Gasteiger partial charge >= 0.3 is 5.97 Å². The number of allylic oxidation sites excluding steroid dienone is 4. The number of rotatable bonds is 50. The Labute approximate surface area is 523 Å². The fourth-order valence-electron chi connectivity index (χ4n) is 11.8. The van der Waals surface area contributed by atoms with Gasteiger partial charge in [0.05, 0.1) is 50.7 Å². The number of aliphatic hydroxyl groups is 11. The summed E-state index contributed by atoms with van der Waals surface area (Å²) in [6.07, 6.45) is 14.7. The number of nitrogens with one attached hydrogen (secondary N) is 2. The molecular weight excluding hydrogens is 1140 g/mol. The van der Waals surface area contributed by atoms with Crippen LogP contribution in [-0.4, -0.2) is 215 Å². The van der Waals surface area contributed by atoms with Crippen LogP contribution < -0.4 is 10.6 Å². The topological polar surface area (TPSA) is 373 Å². The van der Waals surface area contributed by atoms with Gasteiger partial charge in [-0.05, 0) is 38.5 Å². The monoisotopic (exact) mass is 1260 g/mol. The minimum absolute atomic E-state index is 0.223. The van der Waals surface area contributed by atoms with Crippen LogP contribution in [0.25, 0.3) is 0 Å². The Morgan fingerprint density at radius 2 is 1.12 bits per heavy atom. The molecule has 3 aliphatic rings. The number of hydrogen-bond acceptors (Lipinski definition) is 20. The van der Waals surface area contributed by atoms with Gasteiger partial charge in [-0.3, -0.25) is 9.59 Å². The van der Waals surface area contributed by atoms with Gasteiger partial charge in [0.15, 0.2) is 12.6 Å². The van der Waals surface area contributed by atoms with Gasteiger partial charge in [0.1, 0.15) is 67.1 Å². The molecule has 514 valence electrons. The number of aliphatic hydroxyl groups excluding tert-OH is 11. The average molecular weight is 1260 g/mol. The fraction of sp³-hybridized carbons (Fsp3) is 0.892. The predicted molar refractivity (Wildman–Crippen MR) is 329 cm³/mol. The van der Waals surface area contributed by atoms with E-state index in [-0.39, 0.29) is 18.9 Å². The molecule has 0 radical (unpaired) electrons. The zero-order chi connectivity index (χ0) is 64.7. The van der Waals surface area contributed by atoms with Crippen molar-refractivity contribution in [1.29, 1.82) is 0 Å². The number of aliphatic carboxylic acids is 1. The summed E-state index contributed by atoms with van der Waals surface area (Å²) in [5, 5.41) is 136. The lowest BCUT2D eigenvalue weighted by molar-refractivity contribution is -0.386. The van der Waals surface area contributed by atoms with E-state index in [1.54, 1.807) is 0 Å². The first-order valence-corrected chi connectivity index (χ1v) is 33.7. The molecule has 0 saturated carbocycles. The van der Waals surface area contributed by atoms with Crippen LogP contribution in [0.2, 0.25) is 0 Å². The van der Waals surface area contributed by atoms with E-state index >= 15 is 0 Å². The van der Waals surface area contributed by atoms with Gasteiger partial charge in [-0.1, -0.05) is 199 Å². The summed E-state index contributed by atoms with van der Waals surface area (Å²) in [5.41, 5.74) is 0. The number of carboxylic acids is 1. The van der Waals surface area contributed by atoms with E-state index in [1.807, 2.05) is 0 Å². The first-order valence-electron chi connectivity index (χ1n) is 33.7. The van der Waals surface area contributed by atoms with Crippen molar-refractivity contribution in [3.05, 3.63) is 24.3 Å². The zero-order valence-corrected chi connectivity index (χ0v) is 53.3. The molecule has 18 atom stereocenters. The van der Waals surface area contributed by atoms with Crippen LogP contribution in [0.15, 0.2) is 24.3 Å². The van der Waals surface area contributed by atoms with Gasteiger partial charge in [0, 0.05) is 19.8 Å².